The molecule has 0 aliphatic rings. The molecule has 2 heterocycles. The summed E-state index contributed by atoms with van der Waals surface area (Å²) in [4.78, 5) is 8.72. The maximum atomic E-state index is 5.68. The summed E-state index contributed by atoms with van der Waals surface area (Å²) in [5.74, 6) is 0. The van der Waals surface area contributed by atoms with E-state index < -0.39 is 0 Å². The number of hydrogen-bond acceptors (Lipinski definition) is 4. The van der Waals surface area contributed by atoms with E-state index in [0.29, 0.717) is 0 Å². The molecule has 0 aliphatic carbocycles. The Morgan fingerprint density at radius 2 is 1.83 bits per heavy atom. The maximum Gasteiger partial charge on any atom is 0.124 e. The number of pyridine rings is 1. The number of aromatic nitrogens is 2. The summed E-state index contributed by atoms with van der Waals surface area (Å²) in [5, 5.41) is 3.04. The van der Waals surface area contributed by atoms with Crippen LogP contribution in [0.2, 0.25) is 0 Å². The molecule has 18 heavy (non-hydrogen) atoms. The van der Waals surface area contributed by atoms with E-state index in [1.165, 1.54) is 0 Å². The highest BCUT2D eigenvalue weighted by Crippen LogP contribution is 2.28. The Morgan fingerprint density at radius 3 is 2.56 bits per heavy atom. The lowest BCUT2D eigenvalue weighted by Crippen LogP contribution is -1.84. The molecule has 3 rings (SSSR count). The largest absolute Gasteiger partial charge is 0.399 e. The van der Waals surface area contributed by atoms with Crippen LogP contribution in [-0.2, 0) is 0 Å². The van der Waals surface area contributed by atoms with Gasteiger partial charge in [0.1, 0.15) is 5.01 Å². The summed E-state index contributed by atoms with van der Waals surface area (Å²) < 4.78 is 0. The lowest BCUT2D eigenvalue weighted by Gasteiger charge is -1.97. The van der Waals surface area contributed by atoms with Gasteiger partial charge in [-0.05, 0) is 36.4 Å². The summed E-state index contributed by atoms with van der Waals surface area (Å²) in [6, 6.07) is 11.7. The van der Waals surface area contributed by atoms with E-state index in [1.807, 2.05) is 48.0 Å². The van der Waals surface area contributed by atoms with Crippen LogP contribution in [-0.4, -0.2) is 9.97 Å². The topological polar surface area (TPSA) is 51.8 Å². The predicted octanol–water partition coefficient (Wildman–Crippen LogP) is 3.45. The van der Waals surface area contributed by atoms with Crippen LogP contribution in [0.5, 0.6) is 0 Å². The molecule has 2 aromatic heterocycles. The summed E-state index contributed by atoms with van der Waals surface area (Å²) >= 11 is 1.62. The van der Waals surface area contributed by atoms with Crippen molar-refractivity contribution in [3.63, 3.8) is 0 Å². The normalized spacial score (nSPS) is 10.4. The van der Waals surface area contributed by atoms with Gasteiger partial charge >= 0.3 is 0 Å². The number of hydrogen-bond donors (Lipinski definition) is 1. The van der Waals surface area contributed by atoms with E-state index in [9.17, 15) is 0 Å². The zero-order valence-corrected chi connectivity index (χ0v) is 10.4. The summed E-state index contributed by atoms with van der Waals surface area (Å²) in [6.07, 6.45) is 3.58. The van der Waals surface area contributed by atoms with Crippen molar-refractivity contribution in [1.29, 1.82) is 0 Å². The average molecular weight is 253 g/mol. The van der Waals surface area contributed by atoms with Crippen LogP contribution in [0.25, 0.3) is 21.8 Å². The maximum absolute atomic E-state index is 5.68. The fourth-order valence-corrected chi connectivity index (χ4v) is 2.51. The number of nitrogens with two attached hydrogens (primary N) is 1. The second kappa shape index (κ2) is 4.58. The van der Waals surface area contributed by atoms with Gasteiger partial charge in [-0.25, -0.2) is 4.98 Å². The van der Waals surface area contributed by atoms with Gasteiger partial charge < -0.3 is 5.73 Å². The fourth-order valence-electron chi connectivity index (χ4n) is 1.68. The van der Waals surface area contributed by atoms with E-state index in [0.717, 1.165) is 27.5 Å². The minimum absolute atomic E-state index is 0.766. The number of thiazole rings is 1. The Labute approximate surface area is 109 Å². The quantitative estimate of drug-likeness (QED) is 0.712. The van der Waals surface area contributed by atoms with Crippen LogP contribution in [0.15, 0.2) is 54.2 Å². The Morgan fingerprint density at radius 1 is 1.00 bits per heavy atom. The van der Waals surface area contributed by atoms with Gasteiger partial charge in [0, 0.05) is 34.6 Å². The molecule has 88 valence electrons. The number of anilines is 1. The smallest absolute Gasteiger partial charge is 0.124 e. The molecule has 3 aromatic rings. The minimum Gasteiger partial charge on any atom is -0.399 e. The van der Waals surface area contributed by atoms with E-state index in [-0.39, 0.29) is 0 Å². The van der Waals surface area contributed by atoms with Crippen molar-refractivity contribution in [2.24, 2.45) is 0 Å². The van der Waals surface area contributed by atoms with Crippen LogP contribution < -0.4 is 5.73 Å². The van der Waals surface area contributed by atoms with E-state index >= 15 is 0 Å². The highest BCUT2D eigenvalue weighted by Gasteiger charge is 2.06. The first kappa shape index (κ1) is 10.9. The standard InChI is InChI=1S/C14H11N3S/c15-12-5-3-10(4-6-12)14-17-13(9-18-14)11-2-1-7-16-8-11/h1-9H,15H2. The molecule has 0 radical (unpaired) electrons. The van der Waals surface area contributed by atoms with Crippen molar-refractivity contribution < 1.29 is 0 Å². The fraction of sp³-hybridized carbons (Fsp3) is 0. The van der Waals surface area contributed by atoms with Crippen LogP contribution >= 0.6 is 11.3 Å². The first-order valence-electron chi connectivity index (χ1n) is 5.55. The van der Waals surface area contributed by atoms with Crippen molar-refractivity contribution in [2.75, 3.05) is 5.73 Å². The van der Waals surface area contributed by atoms with E-state index in [4.69, 9.17) is 5.73 Å². The summed E-state index contributed by atoms with van der Waals surface area (Å²) in [5.41, 5.74) is 9.53. The van der Waals surface area contributed by atoms with Crippen molar-refractivity contribution in [3.8, 4) is 21.8 Å². The van der Waals surface area contributed by atoms with Crippen molar-refractivity contribution >= 4 is 17.0 Å². The third kappa shape index (κ3) is 2.10. The minimum atomic E-state index is 0.766. The second-order valence-electron chi connectivity index (χ2n) is 3.90. The van der Waals surface area contributed by atoms with Gasteiger partial charge in [-0.1, -0.05) is 0 Å². The third-order valence-corrected chi connectivity index (χ3v) is 3.51. The summed E-state index contributed by atoms with van der Waals surface area (Å²) in [6.45, 7) is 0. The lowest BCUT2D eigenvalue weighted by molar-refractivity contribution is 1.31. The molecule has 0 amide bonds. The lowest BCUT2D eigenvalue weighted by atomic mass is 10.2. The van der Waals surface area contributed by atoms with Gasteiger partial charge in [-0.15, -0.1) is 11.3 Å². The molecule has 0 fully saturated rings. The van der Waals surface area contributed by atoms with E-state index in [2.05, 4.69) is 9.97 Å². The Hall–Kier alpha value is -2.20. The third-order valence-electron chi connectivity index (χ3n) is 2.62. The molecule has 3 nitrogen and oxygen atoms in total. The van der Waals surface area contributed by atoms with Crippen molar-refractivity contribution in [1.82, 2.24) is 9.97 Å². The van der Waals surface area contributed by atoms with Gasteiger partial charge in [0.25, 0.3) is 0 Å². The van der Waals surface area contributed by atoms with Crippen molar-refractivity contribution in [2.45, 2.75) is 0 Å². The number of rotatable bonds is 2. The van der Waals surface area contributed by atoms with Gasteiger partial charge in [0.15, 0.2) is 0 Å². The molecular weight excluding hydrogens is 242 g/mol. The van der Waals surface area contributed by atoms with Crippen LogP contribution in [0.4, 0.5) is 5.69 Å². The average Bonchev–Trinajstić information content (AvgIpc) is 2.90. The number of nitrogen functional groups attached to an aromatic ring is 1. The zero-order valence-electron chi connectivity index (χ0n) is 9.58. The second-order valence-corrected chi connectivity index (χ2v) is 4.76. The van der Waals surface area contributed by atoms with E-state index in [1.54, 1.807) is 17.5 Å². The first-order valence-corrected chi connectivity index (χ1v) is 6.43. The zero-order chi connectivity index (χ0) is 12.4. The molecule has 0 unspecified atom stereocenters. The highest BCUT2D eigenvalue weighted by atomic mass is 32.1. The number of benzene rings is 1. The predicted molar refractivity (Wildman–Crippen MR) is 75.2 cm³/mol. The van der Waals surface area contributed by atoms with Crippen LogP contribution in [0.3, 0.4) is 0 Å². The van der Waals surface area contributed by atoms with Gasteiger partial charge in [0.2, 0.25) is 0 Å². The molecule has 0 spiro atoms. The molecule has 0 aliphatic heterocycles. The number of nitrogens with zero attached hydrogens (tertiary/aromatic N) is 2. The molecule has 1 aromatic carbocycles. The SMILES string of the molecule is Nc1ccc(-c2nc(-c3cccnc3)cs2)cc1. The monoisotopic (exact) mass is 253 g/mol. The molecule has 0 saturated heterocycles. The first-order chi connectivity index (χ1) is 8.83. The Kier molecular flexibility index (Phi) is 2.78. The van der Waals surface area contributed by atoms with Gasteiger partial charge in [-0.2, -0.15) is 0 Å². The molecule has 0 saturated carbocycles. The molecule has 0 bridgehead atoms. The molecule has 4 heteroatoms. The van der Waals surface area contributed by atoms with Crippen molar-refractivity contribution in [3.05, 3.63) is 54.2 Å². The van der Waals surface area contributed by atoms with Crippen LogP contribution in [0, 0.1) is 0 Å². The highest BCUT2D eigenvalue weighted by molar-refractivity contribution is 7.13. The Bertz CT molecular complexity index is 644. The molecule has 0 atom stereocenters. The summed E-state index contributed by atoms with van der Waals surface area (Å²) in [7, 11) is 0. The van der Waals surface area contributed by atoms with Gasteiger partial charge in [-0.3, -0.25) is 4.98 Å². The Balaban J connectivity index is 1.97. The van der Waals surface area contributed by atoms with Crippen LogP contribution in [0.1, 0.15) is 0 Å². The van der Waals surface area contributed by atoms with Gasteiger partial charge in [0.05, 0.1) is 5.69 Å². The molecule has 2 N–H and O–H groups in total. The molecular formula is C14H11N3S.